The molecule has 0 unspecified atom stereocenters. The second-order valence-corrected chi connectivity index (χ2v) is 6.09. The van der Waals surface area contributed by atoms with E-state index >= 15 is 0 Å². The van der Waals surface area contributed by atoms with Crippen molar-refractivity contribution >= 4 is 17.3 Å². The number of nitrogens with zero attached hydrogens (tertiary/aromatic N) is 1. The van der Waals surface area contributed by atoms with Gasteiger partial charge in [0.25, 0.3) is 5.91 Å². The average molecular weight is 345 g/mol. The Balaban J connectivity index is 1.62. The zero-order valence-electron chi connectivity index (χ0n) is 14.9. The third kappa shape index (κ3) is 4.70. The van der Waals surface area contributed by atoms with Crippen molar-refractivity contribution in [3.8, 4) is 0 Å². The van der Waals surface area contributed by atoms with E-state index in [1.54, 1.807) is 12.4 Å². The first kappa shape index (κ1) is 17.7. The Labute approximate surface area is 154 Å². The zero-order chi connectivity index (χ0) is 18.2. The van der Waals surface area contributed by atoms with E-state index in [4.69, 9.17) is 0 Å². The first-order valence-electron chi connectivity index (χ1n) is 8.88. The van der Waals surface area contributed by atoms with Crippen LogP contribution in [0.25, 0.3) is 0 Å². The van der Waals surface area contributed by atoms with E-state index in [1.807, 2.05) is 48.5 Å². The summed E-state index contributed by atoms with van der Waals surface area (Å²) in [6, 6.07) is 20.0. The molecule has 0 fully saturated rings. The molecule has 0 saturated heterocycles. The molecular formula is C22H23N3O. The standard InChI is InChI=1S/C22H23N3O/c1-2-18-10-6-7-11-21(18)25-22(26)19-14-20(16-23-15-19)24-13-12-17-8-4-3-5-9-17/h3-11,14-16,24H,2,12-13H2,1H3,(H,25,26). The fourth-order valence-corrected chi connectivity index (χ4v) is 2.80. The van der Waals surface area contributed by atoms with Crippen LogP contribution in [0.1, 0.15) is 28.4 Å². The van der Waals surface area contributed by atoms with E-state index in [9.17, 15) is 4.79 Å². The lowest BCUT2D eigenvalue weighted by Gasteiger charge is -2.11. The number of aryl methyl sites for hydroxylation is 1. The highest BCUT2D eigenvalue weighted by atomic mass is 16.1. The van der Waals surface area contributed by atoms with Gasteiger partial charge in [0.1, 0.15) is 0 Å². The summed E-state index contributed by atoms with van der Waals surface area (Å²) in [6.45, 7) is 2.86. The molecule has 0 saturated carbocycles. The van der Waals surface area contributed by atoms with E-state index in [0.29, 0.717) is 5.56 Å². The number of nitrogens with one attached hydrogen (secondary N) is 2. The highest BCUT2D eigenvalue weighted by Crippen LogP contribution is 2.17. The van der Waals surface area contributed by atoms with Gasteiger partial charge >= 0.3 is 0 Å². The first-order valence-corrected chi connectivity index (χ1v) is 8.88. The van der Waals surface area contributed by atoms with Gasteiger partial charge in [-0.1, -0.05) is 55.5 Å². The van der Waals surface area contributed by atoms with Crippen molar-refractivity contribution in [2.75, 3.05) is 17.2 Å². The summed E-state index contributed by atoms with van der Waals surface area (Å²) in [5.74, 6) is -0.148. The summed E-state index contributed by atoms with van der Waals surface area (Å²) in [4.78, 5) is 16.7. The van der Waals surface area contributed by atoms with Crippen LogP contribution in [0.2, 0.25) is 0 Å². The maximum absolute atomic E-state index is 12.6. The molecule has 26 heavy (non-hydrogen) atoms. The van der Waals surface area contributed by atoms with Crippen LogP contribution in [0, 0.1) is 0 Å². The molecule has 1 amide bonds. The molecule has 1 heterocycles. The molecule has 2 N–H and O–H groups in total. The van der Waals surface area contributed by atoms with E-state index in [2.05, 4.69) is 34.7 Å². The topological polar surface area (TPSA) is 54.0 Å². The summed E-state index contributed by atoms with van der Waals surface area (Å²) in [6.07, 6.45) is 5.12. The van der Waals surface area contributed by atoms with Gasteiger partial charge in [0, 0.05) is 24.6 Å². The Bertz CT molecular complexity index is 862. The summed E-state index contributed by atoms with van der Waals surface area (Å²) in [5.41, 5.74) is 4.63. The Morgan fingerprint density at radius 1 is 1.00 bits per heavy atom. The second kappa shape index (κ2) is 8.81. The molecule has 1 aromatic heterocycles. The van der Waals surface area contributed by atoms with Crippen molar-refractivity contribution in [1.82, 2.24) is 4.98 Å². The Morgan fingerprint density at radius 3 is 2.58 bits per heavy atom. The van der Waals surface area contributed by atoms with E-state index < -0.39 is 0 Å². The van der Waals surface area contributed by atoms with Crippen molar-refractivity contribution < 1.29 is 4.79 Å². The van der Waals surface area contributed by atoms with Gasteiger partial charge < -0.3 is 10.6 Å². The molecule has 132 valence electrons. The minimum absolute atomic E-state index is 0.148. The lowest BCUT2D eigenvalue weighted by Crippen LogP contribution is -2.14. The van der Waals surface area contributed by atoms with Crippen LogP contribution in [0.5, 0.6) is 0 Å². The van der Waals surface area contributed by atoms with Gasteiger partial charge in [-0.05, 0) is 36.1 Å². The van der Waals surface area contributed by atoms with Crippen LogP contribution in [0.3, 0.4) is 0 Å². The number of anilines is 2. The quantitative estimate of drug-likeness (QED) is 0.660. The summed E-state index contributed by atoms with van der Waals surface area (Å²) in [7, 11) is 0. The molecule has 4 heteroatoms. The number of pyridine rings is 1. The molecule has 0 aliphatic rings. The number of amides is 1. The van der Waals surface area contributed by atoms with Gasteiger partial charge in [0.2, 0.25) is 0 Å². The minimum Gasteiger partial charge on any atom is -0.383 e. The normalized spacial score (nSPS) is 10.3. The lowest BCUT2D eigenvalue weighted by atomic mass is 10.1. The highest BCUT2D eigenvalue weighted by molar-refractivity contribution is 6.04. The predicted molar refractivity (Wildman–Crippen MR) is 107 cm³/mol. The van der Waals surface area contributed by atoms with Gasteiger partial charge in [-0.15, -0.1) is 0 Å². The number of hydrogen-bond donors (Lipinski definition) is 2. The molecule has 2 aromatic carbocycles. The van der Waals surface area contributed by atoms with Crippen molar-refractivity contribution in [3.05, 3.63) is 89.7 Å². The predicted octanol–water partition coefficient (Wildman–Crippen LogP) is 4.55. The fraction of sp³-hybridized carbons (Fsp3) is 0.182. The van der Waals surface area contributed by atoms with Gasteiger partial charge in [0.15, 0.2) is 0 Å². The van der Waals surface area contributed by atoms with E-state index in [0.717, 1.165) is 36.3 Å². The molecule has 0 radical (unpaired) electrons. The molecule has 0 aliphatic heterocycles. The second-order valence-electron chi connectivity index (χ2n) is 6.09. The Morgan fingerprint density at radius 2 is 1.77 bits per heavy atom. The molecule has 3 aromatic rings. The minimum atomic E-state index is -0.148. The SMILES string of the molecule is CCc1ccccc1NC(=O)c1cncc(NCCc2ccccc2)c1. The number of carbonyl (C=O) groups excluding carboxylic acids is 1. The zero-order valence-corrected chi connectivity index (χ0v) is 14.9. The van der Waals surface area contributed by atoms with Crippen molar-refractivity contribution in [3.63, 3.8) is 0 Å². The molecule has 4 nitrogen and oxygen atoms in total. The maximum atomic E-state index is 12.6. The summed E-state index contributed by atoms with van der Waals surface area (Å²) in [5, 5.41) is 6.31. The Kier molecular flexibility index (Phi) is 5.99. The first-order chi connectivity index (χ1) is 12.8. The van der Waals surface area contributed by atoms with Gasteiger partial charge in [-0.2, -0.15) is 0 Å². The van der Waals surface area contributed by atoms with Crippen molar-refractivity contribution in [2.24, 2.45) is 0 Å². The summed E-state index contributed by atoms with van der Waals surface area (Å²) < 4.78 is 0. The van der Waals surface area contributed by atoms with Crippen molar-refractivity contribution in [2.45, 2.75) is 19.8 Å². The largest absolute Gasteiger partial charge is 0.383 e. The third-order valence-corrected chi connectivity index (χ3v) is 4.23. The number of hydrogen-bond acceptors (Lipinski definition) is 3. The van der Waals surface area contributed by atoms with Gasteiger partial charge in [-0.3, -0.25) is 9.78 Å². The van der Waals surface area contributed by atoms with Crippen LogP contribution >= 0.6 is 0 Å². The van der Waals surface area contributed by atoms with Crippen LogP contribution in [0.15, 0.2) is 73.1 Å². The van der Waals surface area contributed by atoms with Crippen LogP contribution < -0.4 is 10.6 Å². The Hall–Kier alpha value is -3.14. The summed E-state index contributed by atoms with van der Waals surface area (Å²) >= 11 is 0. The number of aromatic nitrogens is 1. The molecule has 0 spiro atoms. The number of rotatable bonds is 7. The number of carbonyl (C=O) groups is 1. The number of para-hydroxylation sites is 1. The molecule has 0 atom stereocenters. The maximum Gasteiger partial charge on any atom is 0.257 e. The average Bonchev–Trinajstić information content (AvgIpc) is 2.69. The van der Waals surface area contributed by atoms with E-state index in [1.165, 1.54) is 5.56 Å². The highest BCUT2D eigenvalue weighted by Gasteiger charge is 2.09. The number of benzene rings is 2. The lowest BCUT2D eigenvalue weighted by molar-refractivity contribution is 0.102. The molecule has 0 aliphatic carbocycles. The smallest absolute Gasteiger partial charge is 0.257 e. The van der Waals surface area contributed by atoms with Gasteiger partial charge in [-0.25, -0.2) is 0 Å². The third-order valence-electron chi connectivity index (χ3n) is 4.23. The van der Waals surface area contributed by atoms with Crippen molar-refractivity contribution in [1.29, 1.82) is 0 Å². The molecule has 0 bridgehead atoms. The molecule has 3 rings (SSSR count). The van der Waals surface area contributed by atoms with Crippen LogP contribution in [-0.2, 0) is 12.8 Å². The van der Waals surface area contributed by atoms with Crippen LogP contribution in [0.4, 0.5) is 11.4 Å². The monoisotopic (exact) mass is 345 g/mol. The van der Waals surface area contributed by atoms with Crippen LogP contribution in [-0.4, -0.2) is 17.4 Å². The molecular weight excluding hydrogens is 322 g/mol. The fourth-order valence-electron chi connectivity index (χ4n) is 2.80. The van der Waals surface area contributed by atoms with E-state index in [-0.39, 0.29) is 5.91 Å². The van der Waals surface area contributed by atoms with Gasteiger partial charge in [0.05, 0.1) is 11.3 Å².